The van der Waals surface area contributed by atoms with E-state index in [2.05, 4.69) is 22.6 Å². The van der Waals surface area contributed by atoms with Crippen LogP contribution >= 0.6 is 0 Å². The normalized spacial score (nSPS) is 17.3. The van der Waals surface area contributed by atoms with Crippen molar-refractivity contribution in [3.63, 3.8) is 0 Å². The monoisotopic (exact) mass is 290 g/mol. The van der Waals surface area contributed by atoms with Gasteiger partial charge in [-0.1, -0.05) is 18.1 Å². The minimum Gasteiger partial charge on any atom is -0.348 e. The highest BCUT2D eigenvalue weighted by molar-refractivity contribution is 5.99. The van der Waals surface area contributed by atoms with E-state index in [9.17, 15) is 4.79 Å². The van der Waals surface area contributed by atoms with Crippen LogP contribution in [0.15, 0.2) is 18.2 Å². The molecule has 0 aliphatic carbocycles. The fraction of sp³-hybridized carbons (Fsp3) is 0.562. The van der Waals surface area contributed by atoms with E-state index in [0.29, 0.717) is 11.3 Å². The number of nitrogen functional groups attached to an aromatic ring is 1. The second-order valence-corrected chi connectivity index (χ2v) is 5.93. The molecule has 1 aromatic carbocycles. The fourth-order valence-electron chi connectivity index (χ4n) is 2.85. The smallest absolute Gasteiger partial charge is 0.253 e. The number of anilines is 1. The molecule has 5 nitrogen and oxygen atoms in total. The van der Waals surface area contributed by atoms with E-state index in [1.807, 2.05) is 25.1 Å². The number of benzene rings is 1. The lowest BCUT2D eigenvalue weighted by atomic mass is 10.1. The highest BCUT2D eigenvalue weighted by Crippen LogP contribution is 2.16. The molecule has 0 bridgehead atoms. The number of carbonyl (C=O) groups is 1. The van der Waals surface area contributed by atoms with Crippen LogP contribution in [0.2, 0.25) is 0 Å². The number of hydrazine groups is 1. The molecule has 5 heteroatoms. The Morgan fingerprint density at radius 3 is 2.71 bits per heavy atom. The number of nitrogens with one attached hydrogen (secondary N) is 2. The van der Waals surface area contributed by atoms with Crippen molar-refractivity contribution >= 4 is 11.6 Å². The molecule has 1 aliphatic rings. The molecule has 0 radical (unpaired) electrons. The van der Waals surface area contributed by atoms with E-state index in [1.165, 1.54) is 19.3 Å². The molecule has 1 amide bonds. The van der Waals surface area contributed by atoms with Crippen molar-refractivity contribution in [1.29, 1.82) is 0 Å². The second kappa shape index (κ2) is 7.43. The molecule has 1 fully saturated rings. The first-order valence-electron chi connectivity index (χ1n) is 7.70. The SMILES string of the molecule is Cc1ccc(NN)c(C(=O)NC(C)CN2CCCCC2)c1. The van der Waals surface area contributed by atoms with Crippen molar-refractivity contribution in [2.45, 2.75) is 39.2 Å². The predicted octanol–water partition coefficient (Wildman–Crippen LogP) is 1.88. The topological polar surface area (TPSA) is 70.4 Å². The summed E-state index contributed by atoms with van der Waals surface area (Å²) in [5.41, 5.74) is 4.89. The van der Waals surface area contributed by atoms with Crippen LogP contribution in [0.3, 0.4) is 0 Å². The maximum Gasteiger partial charge on any atom is 0.253 e. The lowest BCUT2D eigenvalue weighted by Crippen LogP contribution is -2.43. The van der Waals surface area contributed by atoms with Crippen molar-refractivity contribution in [2.75, 3.05) is 25.1 Å². The van der Waals surface area contributed by atoms with E-state index in [-0.39, 0.29) is 11.9 Å². The molecule has 1 atom stereocenters. The average Bonchev–Trinajstić information content (AvgIpc) is 2.48. The molecule has 1 unspecified atom stereocenters. The number of nitrogens with two attached hydrogens (primary N) is 1. The first-order valence-corrected chi connectivity index (χ1v) is 7.70. The molecule has 1 aliphatic heterocycles. The number of amides is 1. The van der Waals surface area contributed by atoms with Crippen LogP contribution < -0.4 is 16.6 Å². The van der Waals surface area contributed by atoms with Crippen molar-refractivity contribution in [1.82, 2.24) is 10.2 Å². The van der Waals surface area contributed by atoms with E-state index >= 15 is 0 Å². The number of piperidine rings is 1. The average molecular weight is 290 g/mol. The van der Waals surface area contributed by atoms with Gasteiger partial charge in [0.2, 0.25) is 0 Å². The van der Waals surface area contributed by atoms with Crippen LogP contribution in [0.5, 0.6) is 0 Å². The predicted molar refractivity (Wildman–Crippen MR) is 86.2 cm³/mol. The summed E-state index contributed by atoms with van der Waals surface area (Å²) in [4.78, 5) is 14.8. The van der Waals surface area contributed by atoms with Gasteiger partial charge in [-0.05, 0) is 51.9 Å². The van der Waals surface area contributed by atoms with Gasteiger partial charge < -0.3 is 15.6 Å². The maximum absolute atomic E-state index is 12.4. The molecule has 1 heterocycles. The number of rotatable bonds is 5. The molecule has 0 saturated carbocycles. The van der Waals surface area contributed by atoms with E-state index < -0.39 is 0 Å². The third kappa shape index (κ3) is 4.44. The van der Waals surface area contributed by atoms with Gasteiger partial charge >= 0.3 is 0 Å². The van der Waals surface area contributed by atoms with Gasteiger partial charge in [0.1, 0.15) is 0 Å². The van der Waals surface area contributed by atoms with Crippen molar-refractivity contribution < 1.29 is 4.79 Å². The summed E-state index contributed by atoms with van der Waals surface area (Å²) in [5, 5.41) is 3.07. The number of likely N-dealkylation sites (tertiary alicyclic amines) is 1. The minimum absolute atomic E-state index is 0.0730. The molecule has 2 rings (SSSR count). The zero-order valence-corrected chi connectivity index (χ0v) is 13.0. The number of nitrogens with zero attached hydrogens (tertiary/aromatic N) is 1. The van der Waals surface area contributed by atoms with E-state index in [4.69, 9.17) is 5.84 Å². The highest BCUT2D eigenvalue weighted by Gasteiger charge is 2.17. The molecule has 0 aromatic heterocycles. The van der Waals surface area contributed by atoms with Gasteiger partial charge in [0.05, 0.1) is 11.3 Å². The second-order valence-electron chi connectivity index (χ2n) is 5.93. The van der Waals surface area contributed by atoms with Crippen molar-refractivity contribution in [3.05, 3.63) is 29.3 Å². The van der Waals surface area contributed by atoms with Gasteiger partial charge in [-0.3, -0.25) is 10.6 Å². The lowest BCUT2D eigenvalue weighted by molar-refractivity contribution is 0.0926. The van der Waals surface area contributed by atoms with Gasteiger partial charge in [-0.2, -0.15) is 0 Å². The Morgan fingerprint density at radius 2 is 2.05 bits per heavy atom. The van der Waals surface area contributed by atoms with Gasteiger partial charge in [-0.15, -0.1) is 0 Å². The zero-order valence-electron chi connectivity index (χ0n) is 13.0. The van der Waals surface area contributed by atoms with Gasteiger partial charge in [0.25, 0.3) is 5.91 Å². The minimum atomic E-state index is -0.0730. The quantitative estimate of drug-likeness (QED) is 0.572. The molecule has 116 valence electrons. The van der Waals surface area contributed by atoms with Gasteiger partial charge in [0.15, 0.2) is 0 Å². The third-order valence-corrected chi connectivity index (χ3v) is 3.93. The van der Waals surface area contributed by atoms with Crippen LogP contribution in [0.4, 0.5) is 5.69 Å². The summed E-state index contributed by atoms with van der Waals surface area (Å²) in [6, 6.07) is 5.75. The van der Waals surface area contributed by atoms with Crippen molar-refractivity contribution in [2.24, 2.45) is 5.84 Å². The third-order valence-electron chi connectivity index (χ3n) is 3.93. The zero-order chi connectivity index (χ0) is 15.2. The molecule has 1 aromatic rings. The first kappa shape index (κ1) is 15.8. The van der Waals surface area contributed by atoms with Crippen LogP contribution in [0.25, 0.3) is 0 Å². The van der Waals surface area contributed by atoms with E-state index in [1.54, 1.807) is 0 Å². The summed E-state index contributed by atoms with van der Waals surface area (Å²) in [6.07, 6.45) is 3.85. The molecule has 0 spiro atoms. The molecule has 21 heavy (non-hydrogen) atoms. The standard InChI is InChI=1S/C16H26N4O/c1-12-6-7-15(19-17)14(10-12)16(21)18-13(2)11-20-8-4-3-5-9-20/h6-7,10,13,19H,3-5,8-9,11,17H2,1-2H3,(H,18,21). The van der Waals surface area contributed by atoms with Crippen LogP contribution in [-0.2, 0) is 0 Å². The Morgan fingerprint density at radius 1 is 1.33 bits per heavy atom. The largest absolute Gasteiger partial charge is 0.348 e. The summed E-state index contributed by atoms with van der Waals surface area (Å²) in [6.45, 7) is 7.20. The van der Waals surface area contributed by atoms with Crippen molar-refractivity contribution in [3.8, 4) is 0 Å². The number of hydrogen-bond acceptors (Lipinski definition) is 4. The summed E-state index contributed by atoms with van der Waals surface area (Å²) < 4.78 is 0. The molecule has 1 saturated heterocycles. The molecular weight excluding hydrogens is 264 g/mol. The fourth-order valence-corrected chi connectivity index (χ4v) is 2.85. The van der Waals surface area contributed by atoms with E-state index in [0.717, 1.165) is 25.2 Å². The number of aryl methyl sites for hydroxylation is 1. The van der Waals surface area contributed by atoms with Crippen LogP contribution in [-0.4, -0.2) is 36.5 Å². The van der Waals surface area contributed by atoms with Crippen LogP contribution in [0.1, 0.15) is 42.1 Å². The number of hydrogen-bond donors (Lipinski definition) is 3. The Labute approximate surface area is 126 Å². The highest BCUT2D eigenvalue weighted by atomic mass is 16.1. The van der Waals surface area contributed by atoms with Gasteiger partial charge in [-0.25, -0.2) is 0 Å². The Bertz CT molecular complexity index is 483. The summed E-state index contributed by atoms with van der Waals surface area (Å²) in [5.74, 6) is 5.41. The molecule has 4 N–H and O–H groups in total. The maximum atomic E-state index is 12.4. The lowest BCUT2D eigenvalue weighted by Gasteiger charge is -2.29. The number of carbonyl (C=O) groups excluding carboxylic acids is 1. The first-order chi connectivity index (χ1) is 10.1. The summed E-state index contributed by atoms with van der Waals surface area (Å²) >= 11 is 0. The Balaban J connectivity index is 1.95. The summed E-state index contributed by atoms with van der Waals surface area (Å²) in [7, 11) is 0. The Kier molecular flexibility index (Phi) is 5.59. The van der Waals surface area contributed by atoms with Crippen LogP contribution in [0, 0.1) is 6.92 Å². The van der Waals surface area contributed by atoms with Gasteiger partial charge in [0, 0.05) is 12.6 Å². The Hall–Kier alpha value is -1.59. The molecular formula is C16H26N4O.